The Morgan fingerprint density at radius 1 is 1.39 bits per heavy atom. The number of esters is 1. The van der Waals surface area contributed by atoms with Crippen molar-refractivity contribution in [1.29, 1.82) is 0 Å². The number of carbonyl (C=O) groups excluding carboxylic acids is 2. The van der Waals surface area contributed by atoms with Crippen molar-refractivity contribution in [3.8, 4) is 0 Å². The van der Waals surface area contributed by atoms with Gasteiger partial charge < -0.3 is 14.5 Å². The highest BCUT2D eigenvalue weighted by atomic mass is 16.5. The van der Waals surface area contributed by atoms with E-state index >= 15 is 0 Å². The molecule has 0 spiro atoms. The fraction of sp³-hybridized carbons (Fsp3) is 0.846. The summed E-state index contributed by atoms with van der Waals surface area (Å²) in [7, 11) is 3.90. The second-order valence-corrected chi connectivity index (χ2v) is 4.87. The second kappa shape index (κ2) is 7.36. The minimum absolute atomic E-state index is 0.0309. The molecule has 0 N–H and O–H groups in total. The van der Waals surface area contributed by atoms with Gasteiger partial charge in [-0.25, -0.2) is 0 Å². The van der Waals surface area contributed by atoms with Crippen molar-refractivity contribution < 1.29 is 14.3 Å². The molecule has 1 aliphatic rings. The summed E-state index contributed by atoms with van der Waals surface area (Å²) < 4.78 is 4.82. The lowest BCUT2D eigenvalue weighted by Gasteiger charge is -2.35. The summed E-state index contributed by atoms with van der Waals surface area (Å²) in [5, 5.41) is 0. The molecule has 0 bridgehead atoms. The van der Waals surface area contributed by atoms with Crippen LogP contribution in [-0.4, -0.2) is 61.5 Å². The van der Waals surface area contributed by atoms with Crippen LogP contribution in [0.1, 0.15) is 32.6 Å². The monoisotopic (exact) mass is 256 g/mol. The number of hydrogen-bond acceptors (Lipinski definition) is 4. The first-order valence-electron chi connectivity index (χ1n) is 6.64. The van der Waals surface area contributed by atoms with Crippen LogP contribution in [0.4, 0.5) is 0 Å². The first-order valence-corrected chi connectivity index (χ1v) is 6.64. The lowest BCUT2D eigenvalue weighted by atomic mass is 10.0. The molecular weight excluding hydrogens is 232 g/mol. The normalized spacial score (nSPS) is 20.5. The molecule has 1 heterocycles. The molecule has 1 fully saturated rings. The Morgan fingerprint density at radius 3 is 2.72 bits per heavy atom. The SMILES string of the molecule is CCOC(=O)CCC(=O)N(C)C1CCCN(C)C1. The van der Waals surface area contributed by atoms with Crippen LogP contribution in [-0.2, 0) is 14.3 Å². The molecular formula is C13H24N2O3. The molecule has 0 aromatic rings. The molecule has 0 saturated carbocycles. The maximum Gasteiger partial charge on any atom is 0.306 e. The number of likely N-dealkylation sites (tertiary alicyclic amines) is 1. The molecule has 104 valence electrons. The summed E-state index contributed by atoms with van der Waals surface area (Å²) in [4.78, 5) is 27.2. The minimum atomic E-state index is -0.292. The first-order chi connectivity index (χ1) is 8.54. The topological polar surface area (TPSA) is 49.9 Å². The summed E-state index contributed by atoms with van der Waals surface area (Å²) in [5.41, 5.74) is 0. The van der Waals surface area contributed by atoms with Gasteiger partial charge >= 0.3 is 5.97 Å². The molecule has 1 atom stereocenters. The predicted octanol–water partition coefficient (Wildman–Crippen LogP) is 0.882. The standard InChI is InChI=1S/C13H24N2O3/c1-4-18-13(17)8-7-12(16)15(3)11-6-5-9-14(2)10-11/h11H,4-10H2,1-3H3. The largest absolute Gasteiger partial charge is 0.466 e. The van der Waals surface area contributed by atoms with Gasteiger partial charge in [0.05, 0.1) is 13.0 Å². The molecule has 5 nitrogen and oxygen atoms in total. The third-order valence-corrected chi connectivity index (χ3v) is 3.39. The lowest BCUT2D eigenvalue weighted by molar-refractivity contribution is -0.146. The van der Waals surface area contributed by atoms with Crippen LogP contribution in [0.5, 0.6) is 0 Å². The van der Waals surface area contributed by atoms with E-state index in [1.54, 1.807) is 11.8 Å². The summed E-state index contributed by atoms with van der Waals surface area (Å²) in [6.07, 6.45) is 2.60. The van der Waals surface area contributed by atoms with Crippen molar-refractivity contribution in [2.45, 2.75) is 38.6 Å². The number of ether oxygens (including phenoxy) is 1. The van der Waals surface area contributed by atoms with Gasteiger partial charge in [0.25, 0.3) is 0 Å². The molecule has 5 heteroatoms. The second-order valence-electron chi connectivity index (χ2n) is 4.87. The zero-order chi connectivity index (χ0) is 13.5. The molecule has 1 rings (SSSR count). The molecule has 0 aliphatic carbocycles. The summed E-state index contributed by atoms with van der Waals surface area (Å²) >= 11 is 0. The van der Waals surface area contributed by atoms with Crippen molar-refractivity contribution in [1.82, 2.24) is 9.80 Å². The Labute approximate surface area is 109 Å². The van der Waals surface area contributed by atoms with E-state index < -0.39 is 0 Å². The van der Waals surface area contributed by atoms with Gasteiger partial charge in [-0.1, -0.05) is 0 Å². The molecule has 0 radical (unpaired) electrons. The summed E-state index contributed by atoms with van der Waals surface area (Å²) in [6, 6.07) is 0.276. The molecule has 1 aliphatic heterocycles. The molecule has 0 aromatic heterocycles. The van der Waals surface area contributed by atoms with Crippen LogP contribution < -0.4 is 0 Å². The molecule has 0 aromatic carbocycles. The fourth-order valence-electron chi connectivity index (χ4n) is 2.28. The Morgan fingerprint density at radius 2 is 2.11 bits per heavy atom. The quantitative estimate of drug-likeness (QED) is 0.685. The highest BCUT2D eigenvalue weighted by molar-refractivity contribution is 5.81. The van der Waals surface area contributed by atoms with Gasteiger partial charge in [0.15, 0.2) is 0 Å². The van der Waals surface area contributed by atoms with E-state index in [0.29, 0.717) is 6.61 Å². The van der Waals surface area contributed by atoms with Gasteiger partial charge in [0.1, 0.15) is 0 Å². The predicted molar refractivity (Wildman–Crippen MR) is 69.2 cm³/mol. The minimum Gasteiger partial charge on any atom is -0.466 e. The van der Waals surface area contributed by atoms with Gasteiger partial charge in [-0.2, -0.15) is 0 Å². The van der Waals surface area contributed by atoms with Crippen LogP contribution in [0.25, 0.3) is 0 Å². The smallest absolute Gasteiger partial charge is 0.306 e. The van der Waals surface area contributed by atoms with Gasteiger partial charge in [-0.05, 0) is 33.4 Å². The number of rotatable bonds is 5. The number of hydrogen-bond donors (Lipinski definition) is 0. The summed E-state index contributed by atoms with van der Waals surface area (Å²) in [5.74, 6) is -0.261. The molecule has 1 amide bonds. The van der Waals surface area contributed by atoms with Crippen molar-refractivity contribution in [3.05, 3.63) is 0 Å². The average Bonchev–Trinajstić information content (AvgIpc) is 2.35. The van der Waals surface area contributed by atoms with Crippen LogP contribution in [0, 0.1) is 0 Å². The molecule has 18 heavy (non-hydrogen) atoms. The Balaban J connectivity index is 2.34. The van der Waals surface area contributed by atoms with Crippen molar-refractivity contribution >= 4 is 11.9 Å². The fourth-order valence-corrected chi connectivity index (χ4v) is 2.28. The van der Waals surface area contributed by atoms with E-state index in [2.05, 4.69) is 11.9 Å². The zero-order valence-electron chi connectivity index (χ0n) is 11.6. The first kappa shape index (κ1) is 15.0. The Kier molecular flexibility index (Phi) is 6.12. The van der Waals surface area contributed by atoms with E-state index in [1.807, 2.05) is 7.05 Å². The van der Waals surface area contributed by atoms with Gasteiger partial charge in [-0.3, -0.25) is 9.59 Å². The van der Waals surface area contributed by atoms with Crippen LogP contribution >= 0.6 is 0 Å². The van der Waals surface area contributed by atoms with Crippen LogP contribution in [0.15, 0.2) is 0 Å². The van der Waals surface area contributed by atoms with Crippen molar-refractivity contribution in [2.24, 2.45) is 0 Å². The molecule has 1 unspecified atom stereocenters. The van der Waals surface area contributed by atoms with E-state index in [9.17, 15) is 9.59 Å². The van der Waals surface area contributed by atoms with Crippen LogP contribution in [0.2, 0.25) is 0 Å². The molecule has 1 saturated heterocycles. The van der Waals surface area contributed by atoms with Crippen molar-refractivity contribution in [2.75, 3.05) is 33.8 Å². The zero-order valence-corrected chi connectivity index (χ0v) is 11.6. The Hall–Kier alpha value is -1.10. The van der Waals surface area contributed by atoms with E-state index in [4.69, 9.17) is 4.74 Å². The third kappa shape index (κ3) is 4.64. The van der Waals surface area contributed by atoms with E-state index in [-0.39, 0.29) is 30.8 Å². The van der Waals surface area contributed by atoms with Gasteiger partial charge in [0, 0.05) is 26.1 Å². The number of likely N-dealkylation sites (N-methyl/N-ethyl adjacent to an activating group) is 2. The van der Waals surface area contributed by atoms with E-state index in [0.717, 1.165) is 25.9 Å². The van der Waals surface area contributed by atoms with Crippen LogP contribution in [0.3, 0.4) is 0 Å². The van der Waals surface area contributed by atoms with Crippen molar-refractivity contribution in [3.63, 3.8) is 0 Å². The van der Waals surface area contributed by atoms with E-state index in [1.165, 1.54) is 0 Å². The highest BCUT2D eigenvalue weighted by Gasteiger charge is 2.24. The van der Waals surface area contributed by atoms with Gasteiger partial charge in [-0.15, -0.1) is 0 Å². The third-order valence-electron chi connectivity index (χ3n) is 3.39. The average molecular weight is 256 g/mol. The summed E-state index contributed by atoms with van der Waals surface area (Å²) in [6.45, 7) is 4.16. The number of amides is 1. The maximum atomic E-state index is 12.0. The number of nitrogens with zero attached hydrogens (tertiary/aromatic N) is 2. The lowest BCUT2D eigenvalue weighted by Crippen LogP contribution is -2.47. The highest BCUT2D eigenvalue weighted by Crippen LogP contribution is 2.14. The number of piperidine rings is 1. The van der Waals surface area contributed by atoms with Gasteiger partial charge in [0.2, 0.25) is 5.91 Å². The number of carbonyl (C=O) groups is 2. The Bertz CT molecular complexity index is 294. The maximum absolute atomic E-state index is 12.0.